The molecule has 0 spiro atoms. The maximum atomic E-state index is 14.6. The third kappa shape index (κ3) is 8.47. The van der Waals surface area contributed by atoms with E-state index in [-0.39, 0.29) is 22.9 Å². The summed E-state index contributed by atoms with van der Waals surface area (Å²) in [6.45, 7) is 5.73. The van der Waals surface area contributed by atoms with E-state index in [1.807, 2.05) is 13.8 Å². The zero-order chi connectivity index (χ0) is 32.1. The van der Waals surface area contributed by atoms with Crippen molar-refractivity contribution < 1.29 is 35.6 Å². The highest BCUT2D eigenvalue weighted by Gasteiger charge is 2.37. The molecule has 0 saturated heterocycles. The predicted octanol–water partition coefficient (Wildman–Crippen LogP) is 6.19. The fourth-order valence-corrected chi connectivity index (χ4v) is 5.73. The first kappa shape index (κ1) is 33.9. The van der Waals surface area contributed by atoms with Crippen LogP contribution in [0.15, 0.2) is 71.6 Å². The number of alkyl halides is 3. The van der Waals surface area contributed by atoms with Crippen LogP contribution in [0.1, 0.15) is 37.5 Å². The number of nitrogens with zero attached hydrogens (tertiary/aromatic N) is 2. The van der Waals surface area contributed by atoms with Crippen molar-refractivity contribution in [3.63, 3.8) is 0 Å². The summed E-state index contributed by atoms with van der Waals surface area (Å²) in [6.07, 6.45) is -4.92. The van der Waals surface area contributed by atoms with Crippen LogP contribution in [0.2, 0.25) is 5.02 Å². The van der Waals surface area contributed by atoms with Gasteiger partial charge < -0.3 is 10.2 Å². The van der Waals surface area contributed by atoms with Gasteiger partial charge in [0.15, 0.2) is 0 Å². The number of carbonyl (C=O) groups excluding carboxylic acids is 2. The van der Waals surface area contributed by atoms with Gasteiger partial charge >= 0.3 is 6.18 Å². The Kier molecular flexibility index (Phi) is 10.8. The minimum Gasteiger partial charge on any atom is -0.354 e. The summed E-state index contributed by atoms with van der Waals surface area (Å²) in [4.78, 5) is 27.6. The number of hydrogen-bond acceptors (Lipinski definition) is 4. The van der Waals surface area contributed by atoms with Gasteiger partial charge in [-0.2, -0.15) is 13.2 Å². The first-order chi connectivity index (χ1) is 20.0. The second-order valence-corrected chi connectivity index (χ2v) is 12.7. The summed E-state index contributed by atoms with van der Waals surface area (Å²) in [5, 5.41) is 2.04. The molecule has 1 atom stereocenters. The predicted molar refractivity (Wildman–Crippen MR) is 156 cm³/mol. The van der Waals surface area contributed by atoms with E-state index in [2.05, 4.69) is 5.32 Å². The highest BCUT2D eigenvalue weighted by atomic mass is 35.5. The first-order valence-electron chi connectivity index (χ1n) is 13.3. The number of carbonyl (C=O) groups is 2. The third-order valence-corrected chi connectivity index (χ3v) is 8.70. The lowest BCUT2D eigenvalue weighted by Crippen LogP contribution is -2.51. The maximum Gasteiger partial charge on any atom is 0.417 e. The number of benzene rings is 3. The van der Waals surface area contributed by atoms with Crippen molar-refractivity contribution in [3.8, 4) is 0 Å². The first-order valence-corrected chi connectivity index (χ1v) is 15.1. The molecule has 0 radical (unpaired) electrons. The fourth-order valence-electron chi connectivity index (χ4n) is 4.10. The average Bonchev–Trinajstić information content (AvgIpc) is 2.93. The molecule has 0 fully saturated rings. The molecular weight excluding hydrogens is 610 g/mol. The summed E-state index contributed by atoms with van der Waals surface area (Å²) in [5.74, 6) is -2.10. The molecule has 232 valence electrons. The molecule has 7 nitrogen and oxygen atoms in total. The van der Waals surface area contributed by atoms with Gasteiger partial charge in [0.25, 0.3) is 10.0 Å². The molecule has 0 unspecified atom stereocenters. The van der Waals surface area contributed by atoms with Gasteiger partial charge in [0.2, 0.25) is 11.8 Å². The average molecular weight is 642 g/mol. The Hall–Kier alpha value is -3.64. The molecule has 3 rings (SSSR count). The molecule has 0 aliphatic carbocycles. The topological polar surface area (TPSA) is 86.8 Å². The highest BCUT2D eigenvalue weighted by Crippen LogP contribution is 2.38. The number of nitrogens with one attached hydrogen (secondary N) is 1. The van der Waals surface area contributed by atoms with Crippen molar-refractivity contribution in [2.75, 3.05) is 17.4 Å². The molecule has 3 aromatic rings. The Bertz CT molecular complexity index is 1560. The number of rotatable bonds is 11. The molecule has 3 aromatic carbocycles. The van der Waals surface area contributed by atoms with Crippen molar-refractivity contribution >= 4 is 39.1 Å². The van der Waals surface area contributed by atoms with Crippen LogP contribution in [-0.4, -0.2) is 44.3 Å². The largest absolute Gasteiger partial charge is 0.417 e. The highest BCUT2D eigenvalue weighted by molar-refractivity contribution is 7.92. The number of sulfonamides is 1. The van der Waals surface area contributed by atoms with Gasteiger partial charge in [-0.1, -0.05) is 61.3 Å². The molecular formula is C30H32ClF4N3O4S. The Morgan fingerprint density at radius 2 is 1.60 bits per heavy atom. The number of hydrogen-bond donors (Lipinski definition) is 1. The third-order valence-electron chi connectivity index (χ3n) is 6.58. The van der Waals surface area contributed by atoms with Crippen molar-refractivity contribution in [2.45, 2.75) is 51.4 Å². The molecule has 2 amide bonds. The quantitative estimate of drug-likeness (QED) is 0.253. The lowest BCUT2D eigenvalue weighted by molar-refractivity contribution is -0.139. The lowest BCUT2D eigenvalue weighted by Gasteiger charge is -2.32. The van der Waals surface area contributed by atoms with E-state index in [9.17, 15) is 35.6 Å². The molecule has 0 saturated carbocycles. The van der Waals surface area contributed by atoms with Crippen molar-refractivity contribution in [1.82, 2.24) is 10.2 Å². The van der Waals surface area contributed by atoms with Crippen LogP contribution in [0, 0.1) is 18.7 Å². The molecule has 0 bridgehead atoms. The molecule has 43 heavy (non-hydrogen) atoms. The van der Waals surface area contributed by atoms with E-state index in [1.54, 1.807) is 6.92 Å². The zero-order valence-electron chi connectivity index (χ0n) is 24.0. The number of anilines is 1. The van der Waals surface area contributed by atoms with Crippen LogP contribution in [0.5, 0.6) is 0 Å². The monoisotopic (exact) mass is 641 g/mol. The Labute approximate surface area is 253 Å². The number of amides is 2. The molecule has 13 heteroatoms. The van der Waals surface area contributed by atoms with Gasteiger partial charge in [0.1, 0.15) is 18.4 Å². The van der Waals surface area contributed by atoms with Crippen molar-refractivity contribution in [2.24, 2.45) is 5.92 Å². The molecule has 0 aliphatic rings. The maximum absolute atomic E-state index is 14.6. The standard InChI is InChI=1S/C30H32ClF4N3O4S/c1-19(2)16-36-29(40)21(4)37(17-22-7-5-6-8-27(22)32)28(39)18-38(43(41,42)24-12-9-20(3)10-13-24)23-11-14-26(31)25(15-23)30(33,34)35/h5-15,19,21H,16-18H2,1-4H3,(H,36,40)/t21-/m1/s1. The van der Waals surface area contributed by atoms with E-state index in [0.29, 0.717) is 10.4 Å². The second kappa shape index (κ2) is 13.8. The lowest BCUT2D eigenvalue weighted by atomic mass is 10.1. The Morgan fingerprint density at radius 3 is 2.19 bits per heavy atom. The van der Waals surface area contributed by atoms with Crippen LogP contribution in [-0.2, 0) is 32.3 Å². The molecule has 0 aliphatic heterocycles. The van der Waals surface area contributed by atoms with E-state index in [4.69, 9.17) is 11.6 Å². The van der Waals surface area contributed by atoms with Gasteiger partial charge in [-0.15, -0.1) is 0 Å². The minimum absolute atomic E-state index is 0.0538. The molecule has 1 N–H and O–H groups in total. The number of aryl methyl sites for hydroxylation is 1. The summed E-state index contributed by atoms with van der Waals surface area (Å²) >= 11 is 5.78. The van der Waals surface area contributed by atoms with Gasteiger partial charge in [0.05, 0.1) is 21.2 Å². The van der Waals surface area contributed by atoms with Crippen LogP contribution >= 0.6 is 11.6 Å². The SMILES string of the molecule is Cc1ccc(S(=O)(=O)N(CC(=O)N(Cc2ccccc2F)[C@H](C)C(=O)NCC(C)C)c2ccc(Cl)c(C(F)(F)F)c2)cc1. The van der Waals surface area contributed by atoms with Gasteiger partial charge in [-0.25, -0.2) is 12.8 Å². The summed E-state index contributed by atoms with van der Waals surface area (Å²) in [7, 11) is -4.62. The normalized spacial score (nSPS) is 12.6. The van der Waals surface area contributed by atoms with E-state index >= 15 is 0 Å². The van der Waals surface area contributed by atoms with Crippen LogP contribution in [0.4, 0.5) is 23.2 Å². The summed E-state index contributed by atoms with van der Waals surface area (Å²) in [5.41, 5.74) is -0.996. The van der Waals surface area contributed by atoms with E-state index in [0.717, 1.165) is 22.6 Å². The van der Waals surface area contributed by atoms with Gasteiger partial charge in [-0.3, -0.25) is 13.9 Å². The van der Waals surface area contributed by atoms with E-state index in [1.165, 1.54) is 55.5 Å². The van der Waals surface area contributed by atoms with Crippen molar-refractivity contribution in [3.05, 3.63) is 94.3 Å². The summed E-state index contributed by atoms with van der Waals surface area (Å²) in [6, 6.07) is 12.4. The fraction of sp³-hybridized carbons (Fsp3) is 0.333. The minimum atomic E-state index is -4.92. The van der Waals surface area contributed by atoms with E-state index < -0.39 is 69.2 Å². The van der Waals surface area contributed by atoms with Crippen LogP contribution in [0.3, 0.4) is 0 Å². The smallest absolute Gasteiger partial charge is 0.354 e. The Morgan fingerprint density at radius 1 is 0.977 bits per heavy atom. The van der Waals surface area contributed by atoms with Crippen molar-refractivity contribution in [1.29, 1.82) is 0 Å². The summed E-state index contributed by atoms with van der Waals surface area (Å²) < 4.78 is 84.1. The molecule has 0 aromatic heterocycles. The molecule has 0 heterocycles. The number of halogens is 5. The van der Waals surface area contributed by atoms with Gasteiger partial charge in [0, 0.05) is 18.7 Å². The van der Waals surface area contributed by atoms with Gasteiger partial charge in [-0.05, 0) is 56.2 Å². The zero-order valence-corrected chi connectivity index (χ0v) is 25.5. The Balaban J connectivity index is 2.12. The van der Waals surface area contributed by atoms with Crippen LogP contribution in [0.25, 0.3) is 0 Å². The van der Waals surface area contributed by atoms with Crippen LogP contribution < -0.4 is 9.62 Å². The second-order valence-electron chi connectivity index (χ2n) is 10.4.